The van der Waals surface area contributed by atoms with E-state index in [0.29, 0.717) is 5.56 Å². The van der Waals surface area contributed by atoms with Gasteiger partial charge in [0, 0.05) is 30.8 Å². The lowest BCUT2D eigenvalue weighted by atomic mass is 10.1. The van der Waals surface area contributed by atoms with E-state index in [-0.39, 0.29) is 11.9 Å². The minimum atomic E-state index is 0.0591. The van der Waals surface area contributed by atoms with Crippen molar-refractivity contribution in [2.45, 2.75) is 25.8 Å². The van der Waals surface area contributed by atoms with Crippen LogP contribution in [0.25, 0.3) is 0 Å². The van der Waals surface area contributed by atoms with Crippen LogP contribution in [0, 0.1) is 6.92 Å². The molecule has 1 saturated heterocycles. The third kappa shape index (κ3) is 2.41. The summed E-state index contributed by atoms with van der Waals surface area (Å²) in [5, 5.41) is 0. The van der Waals surface area contributed by atoms with Gasteiger partial charge in [-0.05, 0) is 43.5 Å². The van der Waals surface area contributed by atoms with Crippen LogP contribution >= 0.6 is 0 Å². The molecule has 0 N–H and O–H groups in total. The summed E-state index contributed by atoms with van der Waals surface area (Å²) in [6.07, 6.45) is 7.30. The second-order valence-electron chi connectivity index (χ2n) is 5.13. The summed E-state index contributed by atoms with van der Waals surface area (Å²) in [6.45, 7) is 2.72. The Labute approximate surface area is 118 Å². The molecule has 1 aliphatic rings. The molecule has 3 rings (SSSR count). The third-order valence-corrected chi connectivity index (χ3v) is 3.74. The Kier molecular flexibility index (Phi) is 3.46. The molecule has 4 heteroatoms. The third-order valence-electron chi connectivity index (χ3n) is 3.74. The van der Waals surface area contributed by atoms with E-state index < -0.39 is 0 Å². The van der Waals surface area contributed by atoms with E-state index in [4.69, 9.17) is 0 Å². The molecule has 1 fully saturated rings. The molecule has 2 aromatic rings. The molecule has 20 heavy (non-hydrogen) atoms. The Hall–Kier alpha value is -2.23. The summed E-state index contributed by atoms with van der Waals surface area (Å²) in [4.78, 5) is 22.9. The van der Waals surface area contributed by atoms with E-state index in [0.717, 1.165) is 30.6 Å². The molecular formula is C16H17N3O. The second-order valence-corrected chi connectivity index (χ2v) is 5.13. The van der Waals surface area contributed by atoms with Crippen molar-refractivity contribution in [1.29, 1.82) is 0 Å². The zero-order valence-electron chi connectivity index (χ0n) is 11.5. The Morgan fingerprint density at radius 3 is 2.90 bits per heavy atom. The number of pyridine rings is 2. The van der Waals surface area contributed by atoms with E-state index in [9.17, 15) is 4.79 Å². The number of aryl methyl sites for hydroxylation is 1. The van der Waals surface area contributed by atoms with Gasteiger partial charge in [0.1, 0.15) is 0 Å². The quantitative estimate of drug-likeness (QED) is 0.840. The van der Waals surface area contributed by atoms with Crippen molar-refractivity contribution in [2.24, 2.45) is 0 Å². The van der Waals surface area contributed by atoms with Gasteiger partial charge in [0.05, 0.1) is 11.6 Å². The number of nitrogens with zero attached hydrogens (tertiary/aromatic N) is 3. The number of amides is 1. The second kappa shape index (κ2) is 5.41. The fourth-order valence-corrected chi connectivity index (χ4v) is 2.69. The Bertz CT molecular complexity index is 595. The summed E-state index contributed by atoms with van der Waals surface area (Å²) >= 11 is 0. The largest absolute Gasteiger partial charge is 0.331 e. The molecule has 1 atom stereocenters. The molecule has 0 spiro atoms. The Morgan fingerprint density at radius 1 is 1.30 bits per heavy atom. The van der Waals surface area contributed by atoms with Crippen LogP contribution in [0.3, 0.4) is 0 Å². The van der Waals surface area contributed by atoms with Crippen molar-refractivity contribution in [3.63, 3.8) is 0 Å². The van der Waals surface area contributed by atoms with Gasteiger partial charge in [-0.3, -0.25) is 14.8 Å². The molecule has 0 radical (unpaired) electrons. The smallest absolute Gasteiger partial charge is 0.255 e. The molecule has 1 unspecified atom stereocenters. The van der Waals surface area contributed by atoms with Gasteiger partial charge >= 0.3 is 0 Å². The van der Waals surface area contributed by atoms with Crippen molar-refractivity contribution in [2.75, 3.05) is 6.54 Å². The fourth-order valence-electron chi connectivity index (χ4n) is 2.69. The molecule has 0 bridgehead atoms. The van der Waals surface area contributed by atoms with Crippen molar-refractivity contribution < 1.29 is 4.79 Å². The summed E-state index contributed by atoms with van der Waals surface area (Å²) in [6, 6.07) is 7.82. The predicted molar refractivity (Wildman–Crippen MR) is 76.2 cm³/mol. The van der Waals surface area contributed by atoms with Crippen LogP contribution in [0.5, 0.6) is 0 Å². The van der Waals surface area contributed by atoms with Crippen molar-refractivity contribution in [3.8, 4) is 0 Å². The summed E-state index contributed by atoms with van der Waals surface area (Å²) in [5.74, 6) is 0.0591. The number of hydrogen-bond acceptors (Lipinski definition) is 3. The first-order valence-corrected chi connectivity index (χ1v) is 6.89. The number of carbonyl (C=O) groups excluding carboxylic acids is 1. The van der Waals surface area contributed by atoms with Crippen molar-refractivity contribution >= 4 is 5.91 Å². The molecule has 102 valence electrons. The maximum Gasteiger partial charge on any atom is 0.255 e. The maximum absolute atomic E-state index is 12.6. The molecule has 1 aliphatic heterocycles. The highest BCUT2D eigenvalue weighted by atomic mass is 16.2. The fraction of sp³-hybridized carbons (Fsp3) is 0.312. The highest BCUT2D eigenvalue weighted by Crippen LogP contribution is 2.32. The van der Waals surface area contributed by atoms with Crippen LogP contribution in [-0.2, 0) is 0 Å². The first kappa shape index (κ1) is 12.8. The molecular weight excluding hydrogens is 250 g/mol. The minimum Gasteiger partial charge on any atom is -0.331 e. The number of aromatic nitrogens is 2. The van der Waals surface area contributed by atoms with E-state index in [1.54, 1.807) is 12.4 Å². The zero-order valence-corrected chi connectivity index (χ0v) is 11.5. The monoisotopic (exact) mass is 267 g/mol. The van der Waals surface area contributed by atoms with Crippen LogP contribution < -0.4 is 0 Å². The molecule has 0 aliphatic carbocycles. The molecule has 0 saturated carbocycles. The first-order valence-electron chi connectivity index (χ1n) is 6.89. The van der Waals surface area contributed by atoms with Crippen LogP contribution in [0.1, 0.15) is 40.5 Å². The van der Waals surface area contributed by atoms with Gasteiger partial charge in [-0.15, -0.1) is 0 Å². The zero-order chi connectivity index (χ0) is 13.9. The van der Waals surface area contributed by atoms with Gasteiger partial charge < -0.3 is 4.90 Å². The average molecular weight is 267 g/mol. The normalized spacial score (nSPS) is 18.2. The Balaban J connectivity index is 1.85. The van der Waals surface area contributed by atoms with Crippen LogP contribution in [-0.4, -0.2) is 27.3 Å². The van der Waals surface area contributed by atoms with E-state index in [2.05, 4.69) is 9.97 Å². The highest BCUT2D eigenvalue weighted by molar-refractivity contribution is 5.94. The van der Waals surface area contributed by atoms with Crippen LogP contribution in [0.4, 0.5) is 0 Å². The van der Waals surface area contributed by atoms with E-state index in [1.807, 2.05) is 42.3 Å². The minimum absolute atomic E-state index is 0.0591. The number of hydrogen-bond donors (Lipinski definition) is 0. The summed E-state index contributed by atoms with van der Waals surface area (Å²) in [7, 11) is 0. The molecule has 1 amide bonds. The predicted octanol–water partition coefficient (Wildman–Crippen LogP) is 2.76. The van der Waals surface area contributed by atoms with Crippen molar-refractivity contribution in [3.05, 3.63) is 59.7 Å². The summed E-state index contributed by atoms with van der Waals surface area (Å²) in [5.41, 5.74) is 2.69. The van der Waals surface area contributed by atoms with Gasteiger partial charge in [0.15, 0.2) is 0 Å². The topological polar surface area (TPSA) is 46.1 Å². The first-order chi connectivity index (χ1) is 9.75. The number of likely N-dealkylation sites (tertiary alicyclic amines) is 1. The molecule has 4 nitrogen and oxygen atoms in total. The van der Waals surface area contributed by atoms with Crippen LogP contribution in [0.2, 0.25) is 0 Å². The average Bonchev–Trinajstić information content (AvgIpc) is 2.97. The van der Waals surface area contributed by atoms with Crippen molar-refractivity contribution in [1.82, 2.24) is 14.9 Å². The standard InChI is InChI=1S/C16H17N3O/c1-12-6-7-14(11-18-12)16(20)19-9-3-5-15(19)13-4-2-8-17-10-13/h2,4,6-8,10-11,15H,3,5,9H2,1H3. The molecule has 3 heterocycles. The molecule has 0 aromatic carbocycles. The summed E-state index contributed by atoms with van der Waals surface area (Å²) < 4.78 is 0. The number of rotatable bonds is 2. The maximum atomic E-state index is 12.6. The van der Waals surface area contributed by atoms with Gasteiger partial charge in [-0.1, -0.05) is 6.07 Å². The van der Waals surface area contributed by atoms with E-state index in [1.165, 1.54) is 0 Å². The van der Waals surface area contributed by atoms with Gasteiger partial charge in [0.2, 0.25) is 0 Å². The lowest BCUT2D eigenvalue weighted by molar-refractivity contribution is 0.0735. The Morgan fingerprint density at radius 2 is 2.20 bits per heavy atom. The molecule has 2 aromatic heterocycles. The van der Waals surface area contributed by atoms with Gasteiger partial charge in [-0.25, -0.2) is 0 Å². The lowest BCUT2D eigenvalue weighted by Gasteiger charge is -2.24. The lowest BCUT2D eigenvalue weighted by Crippen LogP contribution is -2.30. The number of carbonyl (C=O) groups is 1. The SMILES string of the molecule is Cc1ccc(C(=O)N2CCCC2c2cccnc2)cn1. The highest BCUT2D eigenvalue weighted by Gasteiger charge is 2.30. The van der Waals surface area contributed by atoms with Gasteiger partial charge in [0.25, 0.3) is 5.91 Å². The van der Waals surface area contributed by atoms with Gasteiger partial charge in [-0.2, -0.15) is 0 Å². The van der Waals surface area contributed by atoms with Crippen LogP contribution in [0.15, 0.2) is 42.9 Å². The van der Waals surface area contributed by atoms with E-state index >= 15 is 0 Å².